The lowest BCUT2D eigenvalue weighted by Crippen LogP contribution is -2.77. The lowest BCUT2D eigenvalue weighted by atomic mass is 10.2. The number of primary amides is 1. The van der Waals surface area contributed by atoms with Crippen molar-refractivity contribution < 1.29 is 10.1 Å². The number of allylic oxidation sites excluding steroid dienone is 1. The van der Waals surface area contributed by atoms with Crippen LogP contribution in [-0.4, -0.2) is 19.2 Å². The minimum atomic E-state index is -0.550. The second-order valence-electron chi connectivity index (χ2n) is 1.89. The van der Waals surface area contributed by atoms with Gasteiger partial charge in [-0.1, -0.05) is 0 Å². The van der Waals surface area contributed by atoms with Gasteiger partial charge < -0.3 is 16.5 Å². The van der Waals surface area contributed by atoms with Crippen LogP contribution >= 0.6 is 0 Å². The van der Waals surface area contributed by atoms with Gasteiger partial charge in [0.05, 0.1) is 7.05 Å². The molecule has 0 bridgehead atoms. The highest BCUT2D eigenvalue weighted by Crippen LogP contribution is 1.90. The van der Waals surface area contributed by atoms with E-state index >= 15 is 0 Å². The van der Waals surface area contributed by atoms with Crippen molar-refractivity contribution in [1.82, 2.24) is 0 Å². The average Bonchev–Trinajstić information content (AvgIpc) is 1.88. The van der Waals surface area contributed by atoms with E-state index in [0.29, 0.717) is 0 Å². The van der Waals surface area contributed by atoms with Gasteiger partial charge in [-0.15, -0.1) is 0 Å². The van der Waals surface area contributed by atoms with Crippen LogP contribution in [0.25, 0.3) is 0 Å². The molecule has 0 rings (SSSR count). The molecule has 0 saturated heterocycles. The first-order valence-corrected chi connectivity index (χ1v) is 2.94. The molecule has 56 valence electrons. The smallest absolute Gasteiger partial charge is 0.255 e. The number of carbonyl (C=O) groups is 1. The van der Waals surface area contributed by atoms with E-state index in [0.717, 1.165) is 11.9 Å². The van der Waals surface area contributed by atoms with Crippen LogP contribution in [0.1, 0.15) is 6.92 Å². The van der Waals surface area contributed by atoms with Gasteiger partial charge in [0.1, 0.15) is 11.3 Å². The second-order valence-corrected chi connectivity index (χ2v) is 1.89. The largest absolute Gasteiger partial charge is 0.365 e. The number of quaternary nitrogens is 1. The molecule has 4 nitrogen and oxygen atoms in total. The molecule has 0 atom stereocenters. The van der Waals surface area contributed by atoms with Crippen LogP contribution in [0.3, 0.4) is 0 Å². The Morgan fingerprint density at radius 1 is 1.70 bits per heavy atom. The molecule has 0 aliphatic heterocycles. The maximum Gasteiger partial charge on any atom is 0.255 e. The quantitative estimate of drug-likeness (QED) is 0.328. The third-order valence-corrected chi connectivity index (χ3v) is 1.27. The lowest BCUT2D eigenvalue weighted by Gasteiger charge is -1.96. The summed E-state index contributed by atoms with van der Waals surface area (Å²) in [5.74, 6) is -0.550. The van der Waals surface area contributed by atoms with Gasteiger partial charge in [0.2, 0.25) is 0 Å². The first-order chi connectivity index (χ1) is 4.63. The van der Waals surface area contributed by atoms with E-state index in [2.05, 4.69) is 0 Å². The highest BCUT2D eigenvalue weighted by molar-refractivity contribution is 6.10. The zero-order valence-corrected chi connectivity index (χ0v) is 6.14. The predicted molar refractivity (Wildman–Crippen MR) is 38.5 cm³/mol. The van der Waals surface area contributed by atoms with E-state index in [1.165, 1.54) is 0 Å². The first-order valence-electron chi connectivity index (χ1n) is 2.94. The maximum absolute atomic E-state index is 10.5. The van der Waals surface area contributed by atoms with Crippen LogP contribution in [0.15, 0.2) is 11.3 Å². The third kappa shape index (κ3) is 1.99. The highest BCUT2D eigenvalue weighted by atomic mass is 16.1. The van der Waals surface area contributed by atoms with Crippen LogP contribution in [-0.2, 0) is 4.79 Å². The summed E-state index contributed by atoms with van der Waals surface area (Å²) in [6.07, 6.45) is 0.970. The Bertz CT molecular complexity index is 183. The molecule has 4 heteroatoms. The van der Waals surface area contributed by atoms with Crippen LogP contribution in [0.4, 0.5) is 0 Å². The van der Waals surface area contributed by atoms with Crippen LogP contribution in [0, 0.1) is 5.41 Å². The van der Waals surface area contributed by atoms with Gasteiger partial charge in [-0.2, -0.15) is 0 Å². The number of hydrogen-bond donors (Lipinski definition) is 3. The van der Waals surface area contributed by atoms with Gasteiger partial charge in [0, 0.05) is 13.1 Å². The fourth-order valence-electron chi connectivity index (χ4n) is 0.535. The van der Waals surface area contributed by atoms with E-state index in [4.69, 9.17) is 11.1 Å². The molecule has 0 aliphatic rings. The molecule has 10 heavy (non-hydrogen) atoms. The molecule has 0 aromatic rings. The Morgan fingerprint density at radius 2 is 2.20 bits per heavy atom. The summed E-state index contributed by atoms with van der Waals surface area (Å²) >= 11 is 0. The number of nitrogens with two attached hydrogens (primary N) is 2. The van der Waals surface area contributed by atoms with Crippen molar-refractivity contribution in [2.45, 2.75) is 6.92 Å². The molecular weight excluding hydrogens is 130 g/mol. The third-order valence-electron chi connectivity index (χ3n) is 1.27. The minimum absolute atomic E-state index is 0.266. The summed E-state index contributed by atoms with van der Waals surface area (Å²) in [5.41, 5.74) is 5.96. The van der Waals surface area contributed by atoms with E-state index in [9.17, 15) is 4.79 Å². The molecule has 1 amide bonds. The van der Waals surface area contributed by atoms with Crippen molar-refractivity contribution in [3.8, 4) is 0 Å². The molecule has 5 N–H and O–H groups in total. The molecule has 0 radical (unpaired) electrons. The van der Waals surface area contributed by atoms with Gasteiger partial charge in [-0.05, 0) is 0 Å². The summed E-state index contributed by atoms with van der Waals surface area (Å²) in [4.78, 5) is 10.5. The topological polar surface area (TPSA) is 83.6 Å². The van der Waals surface area contributed by atoms with Crippen molar-refractivity contribution in [3.63, 3.8) is 0 Å². The fraction of sp³-hybridized carbons (Fsp3) is 0.333. The van der Waals surface area contributed by atoms with Crippen LogP contribution in [0.2, 0.25) is 0 Å². The van der Waals surface area contributed by atoms with Gasteiger partial charge in [-0.3, -0.25) is 4.79 Å². The van der Waals surface area contributed by atoms with Gasteiger partial charge in [0.25, 0.3) is 5.91 Å². The Balaban J connectivity index is 4.62. The number of carbonyl (C=O) groups excluding carboxylic acids is 1. The van der Waals surface area contributed by atoms with E-state index in [1.54, 1.807) is 19.3 Å². The monoisotopic (exact) mass is 142 g/mol. The Labute approximate surface area is 59.6 Å². The normalized spacial score (nSPS) is 12.2. The summed E-state index contributed by atoms with van der Waals surface area (Å²) in [6.45, 7) is 1.74. The molecule has 0 saturated carbocycles. The van der Waals surface area contributed by atoms with E-state index in [-0.39, 0.29) is 5.57 Å². The lowest BCUT2D eigenvalue weighted by molar-refractivity contribution is -0.576. The molecule has 0 fully saturated rings. The highest BCUT2D eigenvalue weighted by Gasteiger charge is 2.06. The molecule has 0 aromatic carbocycles. The zero-order valence-electron chi connectivity index (χ0n) is 6.14. The molecule has 0 unspecified atom stereocenters. The molecule has 0 spiro atoms. The summed E-state index contributed by atoms with van der Waals surface area (Å²) in [7, 11) is 1.79. The van der Waals surface area contributed by atoms with Gasteiger partial charge in [-0.25, -0.2) is 0 Å². The van der Waals surface area contributed by atoms with Crippen molar-refractivity contribution in [2.24, 2.45) is 5.73 Å². The number of hydrogen-bond acceptors (Lipinski definition) is 2. The van der Waals surface area contributed by atoms with E-state index < -0.39 is 5.91 Å². The second kappa shape index (κ2) is 3.79. The summed E-state index contributed by atoms with van der Waals surface area (Å²) in [6, 6.07) is 0. The standard InChI is InChI=1S/C6H11N3O/c1-4(9-2)5(3-7)6(8)10/h3,7,9H,1-2H3,(H2,8,10)/p+1/b5-4+,7-3?. The maximum atomic E-state index is 10.5. The zero-order chi connectivity index (χ0) is 8.15. The van der Waals surface area contributed by atoms with E-state index in [1.807, 2.05) is 0 Å². The molecule has 0 aromatic heterocycles. The first kappa shape index (κ1) is 8.84. The number of amides is 1. The Morgan fingerprint density at radius 3 is 2.30 bits per heavy atom. The number of rotatable bonds is 3. The molecule has 0 heterocycles. The predicted octanol–water partition coefficient (Wildman–Crippen LogP) is -1.41. The number of nitrogens with one attached hydrogen (secondary N) is 1. The molecule has 0 aliphatic carbocycles. The summed E-state index contributed by atoms with van der Waals surface area (Å²) in [5, 5.41) is 8.56. The SMILES string of the molecule is C[NH2+]/C(C)=C(\C=N)C(N)=O. The minimum Gasteiger partial charge on any atom is -0.365 e. The Kier molecular flexibility index (Phi) is 3.35. The van der Waals surface area contributed by atoms with Crippen molar-refractivity contribution in [3.05, 3.63) is 11.3 Å². The van der Waals surface area contributed by atoms with Crippen molar-refractivity contribution >= 4 is 12.1 Å². The Hall–Kier alpha value is -1.16. The van der Waals surface area contributed by atoms with Crippen molar-refractivity contribution in [1.29, 1.82) is 5.41 Å². The summed E-state index contributed by atoms with van der Waals surface area (Å²) < 4.78 is 0. The van der Waals surface area contributed by atoms with Gasteiger partial charge in [0.15, 0.2) is 0 Å². The van der Waals surface area contributed by atoms with Crippen LogP contribution in [0.5, 0.6) is 0 Å². The van der Waals surface area contributed by atoms with Crippen molar-refractivity contribution in [2.75, 3.05) is 7.05 Å². The molecular formula is C6H12N3O+. The van der Waals surface area contributed by atoms with Gasteiger partial charge >= 0.3 is 0 Å². The average molecular weight is 142 g/mol. The fourth-order valence-corrected chi connectivity index (χ4v) is 0.535. The van der Waals surface area contributed by atoms with Crippen LogP contribution < -0.4 is 11.1 Å².